The standard InChI is InChI=1S/C18H29N3O/c1-15(2)13-17(16-7-5-4-6-8-16)19-18(22)14-21-11-9-20(3)10-12-21/h4-8,15,17H,9-14H2,1-3H3,(H,19,22)/t17-/m1/s1. The van der Waals surface area contributed by atoms with Crippen molar-refractivity contribution in [1.82, 2.24) is 15.1 Å². The van der Waals surface area contributed by atoms with Crippen LogP contribution in [0, 0.1) is 5.92 Å². The first-order chi connectivity index (χ1) is 10.5. The van der Waals surface area contributed by atoms with Gasteiger partial charge in [-0.15, -0.1) is 0 Å². The number of carbonyl (C=O) groups is 1. The molecular formula is C18H29N3O. The molecule has 122 valence electrons. The minimum absolute atomic E-state index is 0.112. The van der Waals surface area contributed by atoms with Gasteiger partial charge < -0.3 is 10.2 Å². The number of amides is 1. The van der Waals surface area contributed by atoms with Gasteiger partial charge in [0.25, 0.3) is 0 Å². The molecule has 1 aliphatic heterocycles. The second-order valence-electron chi connectivity index (χ2n) is 6.74. The van der Waals surface area contributed by atoms with E-state index in [1.807, 2.05) is 18.2 Å². The normalized spacial score (nSPS) is 18.4. The summed E-state index contributed by atoms with van der Waals surface area (Å²) in [5, 5.41) is 3.23. The largest absolute Gasteiger partial charge is 0.348 e. The van der Waals surface area contributed by atoms with E-state index in [1.165, 1.54) is 5.56 Å². The van der Waals surface area contributed by atoms with Gasteiger partial charge >= 0.3 is 0 Å². The molecule has 0 bridgehead atoms. The van der Waals surface area contributed by atoms with E-state index in [-0.39, 0.29) is 11.9 Å². The minimum atomic E-state index is 0.112. The Bertz CT molecular complexity index is 453. The Kier molecular flexibility index (Phi) is 6.40. The first-order valence-corrected chi connectivity index (χ1v) is 8.30. The molecule has 1 amide bonds. The summed E-state index contributed by atoms with van der Waals surface area (Å²) >= 11 is 0. The van der Waals surface area contributed by atoms with E-state index >= 15 is 0 Å². The number of hydrogen-bond acceptors (Lipinski definition) is 3. The van der Waals surface area contributed by atoms with Gasteiger partial charge in [-0.05, 0) is 24.9 Å². The average Bonchev–Trinajstić information content (AvgIpc) is 2.49. The Morgan fingerprint density at radius 2 is 1.77 bits per heavy atom. The van der Waals surface area contributed by atoms with E-state index < -0.39 is 0 Å². The molecule has 1 heterocycles. The lowest BCUT2D eigenvalue weighted by Crippen LogP contribution is -2.48. The molecule has 0 aliphatic carbocycles. The fourth-order valence-corrected chi connectivity index (χ4v) is 2.88. The van der Waals surface area contributed by atoms with Crippen LogP contribution in [0.25, 0.3) is 0 Å². The van der Waals surface area contributed by atoms with E-state index in [4.69, 9.17) is 0 Å². The number of nitrogens with zero attached hydrogens (tertiary/aromatic N) is 2. The lowest BCUT2D eigenvalue weighted by atomic mass is 9.97. The van der Waals surface area contributed by atoms with Crippen LogP contribution in [0.2, 0.25) is 0 Å². The van der Waals surface area contributed by atoms with Crippen molar-refractivity contribution in [2.75, 3.05) is 39.8 Å². The number of likely N-dealkylation sites (N-methyl/N-ethyl adjacent to an activating group) is 1. The molecule has 2 rings (SSSR count). The lowest BCUT2D eigenvalue weighted by molar-refractivity contribution is -0.123. The van der Waals surface area contributed by atoms with Crippen molar-refractivity contribution in [3.63, 3.8) is 0 Å². The zero-order valence-electron chi connectivity index (χ0n) is 14.1. The summed E-state index contributed by atoms with van der Waals surface area (Å²) in [5.74, 6) is 0.688. The van der Waals surface area contributed by atoms with Gasteiger partial charge in [0.1, 0.15) is 0 Å². The van der Waals surface area contributed by atoms with Crippen LogP contribution in [-0.4, -0.2) is 55.5 Å². The van der Waals surface area contributed by atoms with Crippen LogP contribution < -0.4 is 5.32 Å². The van der Waals surface area contributed by atoms with Crippen LogP contribution in [0.4, 0.5) is 0 Å². The minimum Gasteiger partial charge on any atom is -0.348 e. The molecule has 1 atom stereocenters. The van der Waals surface area contributed by atoms with Crippen molar-refractivity contribution >= 4 is 5.91 Å². The van der Waals surface area contributed by atoms with E-state index in [2.05, 4.69) is 48.1 Å². The molecule has 1 aromatic carbocycles. The van der Waals surface area contributed by atoms with Crippen molar-refractivity contribution in [3.8, 4) is 0 Å². The lowest BCUT2D eigenvalue weighted by Gasteiger charge is -2.32. The van der Waals surface area contributed by atoms with E-state index in [9.17, 15) is 4.79 Å². The van der Waals surface area contributed by atoms with Gasteiger partial charge in [-0.1, -0.05) is 44.2 Å². The van der Waals surface area contributed by atoms with E-state index in [0.29, 0.717) is 12.5 Å². The third kappa shape index (κ3) is 5.43. The summed E-state index contributed by atoms with van der Waals surface area (Å²) < 4.78 is 0. The highest BCUT2D eigenvalue weighted by Gasteiger charge is 2.20. The summed E-state index contributed by atoms with van der Waals surface area (Å²) in [6.45, 7) is 8.94. The number of hydrogen-bond donors (Lipinski definition) is 1. The summed E-state index contributed by atoms with van der Waals surface area (Å²) in [6.07, 6.45) is 0.971. The van der Waals surface area contributed by atoms with Crippen molar-refractivity contribution in [3.05, 3.63) is 35.9 Å². The van der Waals surface area contributed by atoms with Gasteiger partial charge in [0.15, 0.2) is 0 Å². The first kappa shape index (κ1) is 17.0. The maximum atomic E-state index is 12.4. The predicted molar refractivity (Wildman–Crippen MR) is 90.7 cm³/mol. The highest BCUT2D eigenvalue weighted by atomic mass is 16.2. The molecule has 0 aromatic heterocycles. The molecule has 1 fully saturated rings. The van der Waals surface area contributed by atoms with Crippen molar-refractivity contribution in [2.45, 2.75) is 26.3 Å². The fraction of sp³-hybridized carbons (Fsp3) is 0.611. The van der Waals surface area contributed by atoms with Gasteiger partial charge in [0, 0.05) is 26.2 Å². The molecule has 0 saturated carbocycles. The molecule has 0 spiro atoms. The molecule has 1 N–H and O–H groups in total. The molecule has 0 radical (unpaired) electrons. The summed E-state index contributed by atoms with van der Waals surface area (Å²) in [7, 11) is 2.13. The molecular weight excluding hydrogens is 274 g/mol. The Morgan fingerprint density at radius 1 is 1.14 bits per heavy atom. The Labute approximate surface area is 134 Å². The highest BCUT2D eigenvalue weighted by molar-refractivity contribution is 5.78. The molecule has 22 heavy (non-hydrogen) atoms. The number of carbonyl (C=O) groups excluding carboxylic acids is 1. The van der Waals surface area contributed by atoms with E-state index in [0.717, 1.165) is 32.6 Å². The van der Waals surface area contributed by atoms with Crippen LogP contribution in [0.3, 0.4) is 0 Å². The quantitative estimate of drug-likeness (QED) is 0.874. The van der Waals surface area contributed by atoms with Crippen LogP contribution in [0.1, 0.15) is 31.9 Å². The Balaban J connectivity index is 1.90. The monoisotopic (exact) mass is 303 g/mol. The molecule has 1 aliphatic rings. The number of piperazine rings is 1. The average molecular weight is 303 g/mol. The summed E-state index contributed by atoms with van der Waals surface area (Å²) in [6, 6.07) is 10.4. The smallest absolute Gasteiger partial charge is 0.234 e. The van der Waals surface area contributed by atoms with Crippen molar-refractivity contribution in [2.24, 2.45) is 5.92 Å². The van der Waals surface area contributed by atoms with Crippen molar-refractivity contribution < 1.29 is 4.79 Å². The summed E-state index contributed by atoms with van der Waals surface area (Å²) in [4.78, 5) is 16.9. The van der Waals surface area contributed by atoms with Crippen LogP contribution in [0.5, 0.6) is 0 Å². The molecule has 1 saturated heterocycles. The van der Waals surface area contributed by atoms with Gasteiger partial charge in [-0.3, -0.25) is 9.69 Å². The SMILES string of the molecule is CC(C)C[C@@H](NC(=O)CN1CCN(C)CC1)c1ccccc1. The molecule has 4 heteroatoms. The Hall–Kier alpha value is -1.39. The molecule has 0 unspecified atom stereocenters. The van der Waals surface area contributed by atoms with Gasteiger partial charge in [-0.25, -0.2) is 0 Å². The second kappa shape index (κ2) is 8.30. The number of benzene rings is 1. The second-order valence-corrected chi connectivity index (χ2v) is 6.74. The topological polar surface area (TPSA) is 35.6 Å². The third-order valence-electron chi connectivity index (χ3n) is 4.21. The number of rotatable bonds is 6. The van der Waals surface area contributed by atoms with Crippen molar-refractivity contribution in [1.29, 1.82) is 0 Å². The maximum absolute atomic E-state index is 12.4. The van der Waals surface area contributed by atoms with Crippen LogP contribution in [0.15, 0.2) is 30.3 Å². The van der Waals surface area contributed by atoms with Gasteiger partial charge in [0.2, 0.25) is 5.91 Å². The van der Waals surface area contributed by atoms with Gasteiger partial charge in [-0.2, -0.15) is 0 Å². The van der Waals surface area contributed by atoms with Crippen LogP contribution in [-0.2, 0) is 4.79 Å². The third-order valence-corrected chi connectivity index (χ3v) is 4.21. The summed E-state index contributed by atoms with van der Waals surface area (Å²) in [5.41, 5.74) is 1.20. The van der Waals surface area contributed by atoms with Gasteiger partial charge in [0.05, 0.1) is 12.6 Å². The first-order valence-electron chi connectivity index (χ1n) is 8.30. The fourth-order valence-electron chi connectivity index (χ4n) is 2.88. The number of nitrogens with one attached hydrogen (secondary N) is 1. The van der Waals surface area contributed by atoms with Crippen LogP contribution >= 0.6 is 0 Å². The predicted octanol–water partition coefficient (Wildman–Crippen LogP) is 2.14. The Morgan fingerprint density at radius 3 is 2.36 bits per heavy atom. The molecule has 4 nitrogen and oxygen atoms in total. The van der Waals surface area contributed by atoms with E-state index in [1.54, 1.807) is 0 Å². The maximum Gasteiger partial charge on any atom is 0.234 e. The zero-order chi connectivity index (χ0) is 15.9. The highest BCUT2D eigenvalue weighted by Crippen LogP contribution is 2.21. The zero-order valence-corrected chi connectivity index (χ0v) is 14.1. The molecule has 1 aromatic rings.